The summed E-state index contributed by atoms with van der Waals surface area (Å²) >= 11 is 0. The van der Waals surface area contributed by atoms with Crippen molar-refractivity contribution in [2.45, 2.75) is 6.42 Å². The van der Waals surface area contributed by atoms with Crippen molar-refractivity contribution < 1.29 is 8.78 Å². The van der Waals surface area contributed by atoms with E-state index in [1.165, 1.54) is 6.07 Å². The summed E-state index contributed by atoms with van der Waals surface area (Å²) in [6, 6.07) is 16.1. The van der Waals surface area contributed by atoms with Crippen LogP contribution in [-0.2, 0) is 6.42 Å². The van der Waals surface area contributed by atoms with Gasteiger partial charge in [0, 0.05) is 6.20 Å². The SMILES string of the molecule is Fc1ccc(-c2cc(Cc3ccccc3)ccn2)c(F)n1. The predicted molar refractivity (Wildman–Crippen MR) is 76.6 cm³/mol. The number of halogens is 2. The van der Waals surface area contributed by atoms with Gasteiger partial charge in [0.2, 0.25) is 11.9 Å². The summed E-state index contributed by atoms with van der Waals surface area (Å²) in [5.74, 6) is -1.68. The number of pyridine rings is 2. The average molecular weight is 282 g/mol. The summed E-state index contributed by atoms with van der Waals surface area (Å²) in [6.07, 6.45) is 2.35. The molecule has 3 rings (SSSR count). The molecular formula is C17H12F2N2. The molecule has 104 valence electrons. The molecule has 1 aromatic carbocycles. The fourth-order valence-corrected chi connectivity index (χ4v) is 2.17. The van der Waals surface area contributed by atoms with E-state index in [0.29, 0.717) is 5.69 Å². The van der Waals surface area contributed by atoms with Crippen molar-refractivity contribution in [2.75, 3.05) is 0 Å². The number of aromatic nitrogens is 2. The quantitative estimate of drug-likeness (QED) is 0.678. The van der Waals surface area contributed by atoms with Gasteiger partial charge in [0.25, 0.3) is 0 Å². The second kappa shape index (κ2) is 5.79. The Bertz CT molecular complexity index is 758. The van der Waals surface area contributed by atoms with E-state index in [1.807, 2.05) is 36.4 Å². The van der Waals surface area contributed by atoms with E-state index >= 15 is 0 Å². The molecule has 0 saturated heterocycles. The first-order valence-corrected chi connectivity index (χ1v) is 6.53. The van der Waals surface area contributed by atoms with Crippen molar-refractivity contribution >= 4 is 0 Å². The molecule has 4 heteroatoms. The van der Waals surface area contributed by atoms with Crippen LogP contribution in [0.25, 0.3) is 11.3 Å². The lowest BCUT2D eigenvalue weighted by Gasteiger charge is -2.06. The average Bonchev–Trinajstić information content (AvgIpc) is 2.48. The monoisotopic (exact) mass is 282 g/mol. The Morgan fingerprint density at radius 1 is 0.857 bits per heavy atom. The molecule has 0 bridgehead atoms. The maximum absolute atomic E-state index is 13.7. The molecule has 0 amide bonds. The van der Waals surface area contributed by atoms with Crippen molar-refractivity contribution in [3.63, 3.8) is 0 Å². The molecule has 0 aliphatic heterocycles. The van der Waals surface area contributed by atoms with Gasteiger partial charge in [-0.15, -0.1) is 0 Å². The van der Waals surface area contributed by atoms with Crippen LogP contribution in [0.4, 0.5) is 8.78 Å². The smallest absolute Gasteiger partial charge is 0.224 e. The van der Waals surface area contributed by atoms with Crippen LogP contribution < -0.4 is 0 Å². The zero-order valence-electron chi connectivity index (χ0n) is 11.1. The molecule has 0 fully saturated rings. The van der Waals surface area contributed by atoms with Crippen molar-refractivity contribution in [1.82, 2.24) is 9.97 Å². The molecule has 0 radical (unpaired) electrons. The Balaban J connectivity index is 1.93. The van der Waals surface area contributed by atoms with Crippen LogP contribution in [0.3, 0.4) is 0 Å². The Hall–Kier alpha value is -2.62. The highest BCUT2D eigenvalue weighted by molar-refractivity contribution is 5.59. The maximum atomic E-state index is 13.7. The highest BCUT2D eigenvalue weighted by Gasteiger charge is 2.09. The maximum Gasteiger partial charge on any atom is 0.224 e. The minimum absolute atomic E-state index is 0.200. The topological polar surface area (TPSA) is 25.8 Å². The summed E-state index contributed by atoms with van der Waals surface area (Å²) in [7, 11) is 0. The highest BCUT2D eigenvalue weighted by Crippen LogP contribution is 2.21. The number of hydrogen-bond acceptors (Lipinski definition) is 2. The largest absolute Gasteiger partial charge is 0.256 e. The third kappa shape index (κ3) is 3.11. The van der Waals surface area contributed by atoms with E-state index in [4.69, 9.17) is 0 Å². The first-order valence-electron chi connectivity index (χ1n) is 6.53. The number of rotatable bonds is 3. The molecule has 0 N–H and O–H groups in total. The van der Waals surface area contributed by atoms with Gasteiger partial charge in [0.15, 0.2) is 0 Å². The summed E-state index contributed by atoms with van der Waals surface area (Å²) in [5.41, 5.74) is 2.82. The van der Waals surface area contributed by atoms with Crippen LogP contribution in [-0.4, -0.2) is 9.97 Å². The number of benzene rings is 1. The molecule has 2 nitrogen and oxygen atoms in total. The van der Waals surface area contributed by atoms with Gasteiger partial charge in [-0.1, -0.05) is 30.3 Å². The minimum Gasteiger partial charge on any atom is -0.256 e. The molecule has 0 spiro atoms. The highest BCUT2D eigenvalue weighted by atomic mass is 19.1. The molecule has 3 aromatic rings. The standard InChI is InChI=1S/C17H12F2N2/c18-16-7-6-14(17(19)21-16)15-11-13(8-9-20-15)10-12-4-2-1-3-5-12/h1-9,11H,10H2. The van der Waals surface area contributed by atoms with Gasteiger partial charge in [-0.05, 0) is 41.8 Å². The van der Waals surface area contributed by atoms with Crippen LogP contribution in [0, 0.1) is 11.9 Å². The van der Waals surface area contributed by atoms with E-state index in [1.54, 1.807) is 12.3 Å². The fraction of sp³-hybridized carbons (Fsp3) is 0.0588. The van der Waals surface area contributed by atoms with Gasteiger partial charge in [-0.3, -0.25) is 4.98 Å². The third-order valence-corrected chi connectivity index (χ3v) is 3.17. The van der Waals surface area contributed by atoms with Crippen molar-refractivity contribution in [3.8, 4) is 11.3 Å². The predicted octanol–water partition coefficient (Wildman–Crippen LogP) is 4.01. The Morgan fingerprint density at radius 2 is 1.67 bits per heavy atom. The Labute approximate surface area is 121 Å². The lowest BCUT2D eigenvalue weighted by molar-refractivity contribution is 0.515. The zero-order chi connectivity index (χ0) is 14.7. The minimum atomic E-state index is -0.848. The Morgan fingerprint density at radius 3 is 2.43 bits per heavy atom. The van der Waals surface area contributed by atoms with Crippen molar-refractivity contribution in [3.05, 3.63) is 83.8 Å². The molecule has 0 atom stereocenters. The van der Waals surface area contributed by atoms with Crippen molar-refractivity contribution in [1.29, 1.82) is 0 Å². The van der Waals surface area contributed by atoms with Crippen LogP contribution in [0.2, 0.25) is 0 Å². The van der Waals surface area contributed by atoms with Gasteiger partial charge in [-0.2, -0.15) is 13.8 Å². The molecule has 0 aliphatic rings. The lowest BCUT2D eigenvalue weighted by Crippen LogP contribution is -1.95. The summed E-state index contributed by atoms with van der Waals surface area (Å²) in [4.78, 5) is 7.33. The van der Waals surface area contributed by atoms with Crippen LogP contribution >= 0.6 is 0 Å². The van der Waals surface area contributed by atoms with Gasteiger partial charge in [0.1, 0.15) is 0 Å². The lowest BCUT2D eigenvalue weighted by atomic mass is 10.0. The van der Waals surface area contributed by atoms with Crippen LogP contribution in [0.15, 0.2) is 60.8 Å². The molecular weight excluding hydrogens is 270 g/mol. The number of nitrogens with zero attached hydrogens (tertiary/aromatic N) is 2. The summed E-state index contributed by atoms with van der Waals surface area (Å²) < 4.78 is 26.6. The fourth-order valence-electron chi connectivity index (χ4n) is 2.17. The van der Waals surface area contributed by atoms with E-state index in [9.17, 15) is 8.78 Å². The van der Waals surface area contributed by atoms with E-state index < -0.39 is 11.9 Å². The van der Waals surface area contributed by atoms with E-state index in [0.717, 1.165) is 23.6 Å². The third-order valence-electron chi connectivity index (χ3n) is 3.17. The molecule has 0 aliphatic carbocycles. The van der Waals surface area contributed by atoms with E-state index in [2.05, 4.69) is 9.97 Å². The van der Waals surface area contributed by atoms with Gasteiger partial charge < -0.3 is 0 Å². The number of hydrogen-bond donors (Lipinski definition) is 0. The Kier molecular flexibility index (Phi) is 3.69. The van der Waals surface area contributed by atoms with E-state index in [-0.39, 0.29) is 5.56 Å². The van der Waals surface area contributed by atoms with Crippen LogP contribution in [0.1, 0.15) is 11.1 Å². The summed E-state index contributed by atoms with van der Waals surface area (Å²) in [6.45, 7) is 0. The molecule has 0 saturated carbocycles. The normalized spacial score (nSPS) is 10.6. The second-order valence-corrected chi connectivity index (χ2v) is 4.68. The van der Waals surface area contributed by atoms with Gasteiger partial charge in [0.05, 0.1) is 11.3 Å². The molecule has 0 unspecified atom stereocenters. The summed E-state index contributed by atoms with van der Waals surface area (Å²) in [5, 5.41) is 0. The van der Waals surface area contributed by atoms with Gasteiger partial charge >= 0.3 is 0 Å². The first-order chi connectivity index (χ1) is 10.2. The molecule has 21 heavy (non-hydrogen) atoms. The first kappa shape index (κ1) is 13.4. The van der Waals surface area contributed by atoms with Crippen molar-refractivity contribution in [2.24, 2.45) is 0 Å². The second-order valence-electron chi connectivity index (χ2n) is 4.68. The molecule has 2 heterocycles. The zero-order valence-corrected chi connectivity index (χ0v) is 11.1. The van der Waals surface area contributed by atoms with Gasteiger partial charge in [-0.25, -0.2) is 0 Å². The van der Waals surface area contributed by atoms with Crippen LogP contribution in [0.5, 0.6) is 0 Å². The molecule has 2 aromatic heterocycles.